The highest BCUT2D eigenvalue weighted by molar-refractivity contribution is 5.99. The highest BCUT2D eigenvalue weighted by atomic mass is 16.5. The van der Waals surface area contributed by atoms with Crippen molar-refractivity contribution in [2.24, 2.45) is 0 Å². The Labute approximate surface area is 165 Å². The van der Waals surface area contributed by atoms with Gasteiger partial charge in [-0.05, 0) is 44.5 Å². The Morgan fingerprint density at radius 2 is 2.04 bits per heavy atom. The van der Waals surface area contributed by atoms with E-state index in [1.165, 1.54) is 7.11 Å². The third-order valence-corrected chi connectivity index (χ3v) is 5.73. The molecule has 2 N–H and O–H groups in total. The number of nitrogens with one attached hydrogen (secondary N) is 2. The highest BCUT2D eigenvalue weighted by Crippen LogP contribution is 2.25. The molecule has 0 aliphatic carbocycles. The van der Waals surface area contributed by atoms with Crippen LogP contribution in [0.1, 0.15) is 35.2 Å². The summed E-state index contributed by atoms with van der Waals surface area (Å²) in [5, 5.41) is 5.77. The van der Waals surface area contributed by atoms with Crippen LogP contribution in [-0.4, -0.2) is 68.7 Å². The van der Waals surface area contributed by atoms with E-state index in [0.717, 1.165) is 24.1 Å². The number of likely N-dealkylation sites (tertiary alicyclic amines) is 1. The number of amides is 3. The van der Waals surface area contributed by atoms with E-state index < -0.39 is 0 Å². The summed E-state index contributed by atoms with van der Waals surface area (Å²) in [4.78, 5) is 39.9. The van der Waals surface area contributed by atoms with Crippen LogP contribution in [0.15, 0.2) is 18.2 Å². The first kappa shape index (κ1) is 20.1. The van der Waals surface area contributed by atoms with Crippen molar-refractivity contribution in [3.8, 4) is 0 Å². The lowest BCUT2D eigenvalue weighted by Crippen LogP contribution is -2.41. The molecule has 0 saturated carbocycles. The van der Waals surface area contributed by atoms with Gasteiger partial charge >= 0.3 is 12.0 Å². The molecular formula is C20H28N4O4. The third-order valence-electron chi connectivity index (χ3n) is 5.73. The Morgan fingerprint density at radius 3 is 2.71 bits per heavy atom. The summed E-state index contributed by atoms with van der Waals surface area (Å²) in [5.74, 6) is -0.370. The second kappa shape index (κ2) is 8.60. The summed E-state index contributed by atoms with van der Waals surface area (Å²) in [7, 11) is 3.38. The molecule has 3 rings (SSSR count). The van der Waals surface area contributed by atoms with Crippen LogP contribution in [0.2, 0.25) is 0 Å². The number of rotatable bonds is 6. The van der Waals surface area contributed by atoms with Crippen molar-refractivity contribution in [3.63, 3.8) is 0 Å². The molecule has 0 unspecified atom stereocenters. The number of carbonyl (C=O) groups is 3. The van der Waals surface area contributed by atoms with Crippen molar-refractivity contribution in [3.05, 3.63) is 29.3 Å². The summed E-state index contributed by atoms with van der Waals surface area (Å²) in [6, 6.07) is 5.62. The molecule has 2 heterocycles. The summed E-state index contributed by atoms with van der Waals surface area (Å²) in [6.45, 7) is 3.65. The first-order chi connectivity index (χ1) is 13.4. The van der Waals surface area contributed by atoms with E-state index >= 15 is 0 Å². The van der Waals surface area contributed by atoms with E-state index in [9.17, 15) is 14.4 Å². The number of methoxy groups -OCH3 is 1. The predicted molar refractivity (Wildman–Crippen MR) is 105 cm³/mol. The van der Waals surface area contributed by atoms with E-state index in [1.807, 2.05) is 20.0 Å². The summed E-state index contributed by atoms with van der Waals surface area (Å²) >= 11 is 0. The smallest absolute Gasteiger partial charge is 0.322 e. The van der Waals surface area contributed by atoms with Crippen LogP contribution in [0.5, 0.6) is 0 Å². The number of anilines is 1. The molecule has 0 spiro atoms. The van der Waals surface area contributed by atoms with Gasteiger partial charge in [-0.25, -0.2) is 4.79 Å². The van der Waals surface area contributed by atoms with Crippen LogP contribution in [0.4, 0.5) is 10.5 Å². The normalized spacial score (nSPS) is 22.2. The quantitative estimate of drug-likeness (QED) is 0.717. The molecule has 8 nitrogen and oxygen atoms in total. The molecule has 28 heavy (non-hydrogen) atoms. The Hall–Kier alpha value is -2.61. The second-order valence-corrected chi connectivity index (χ2v) is 7.43. The van der Waals surface area contributed by atoms with Crippen LogP contribution >= 0.6 is 0 Å². The van der Waals surface area contributed by atoms with Crippen LogP contribution in [0, 0.1) is 6.92 Å². The fourth-order valence-corrected chi connectivity index (χ4v) is 3.91. The van der Waals surface area contributed by atoms with Gasteiger partial charge in [-0.15, -0.1) is 0 Å². The monoisotopic (exact) mass is 388 g/mol. The average molecular weight is 388 g/mol. The van der Waals surface area contributed by atoms with Gasteiger partial charge in [0.25, 0.3) is 5.91 Å². The van der Waals surface area contributed by atoms with Gasteiger partial charge in [0.15, 0.2) is 0 Å². The van der Waals surface area contributed by atoms with Crippen molar-refractivity contribution in [1.82, 2.24) is 15.5 Å². The van der Waals surface area contributed by atoms with Gasteiger partial charge in [0.2, 0.25) is 0 Å². The number of ether oxygens (including phenoxy) is 1. The Morgan fingerprint density at radius 1 is 1.29 bits per heavy atom. The van der Waals surface area contributed by atoms with Crippen molar-refractivity contribution in [2.45, 2.75) is 38.3 Å². The molecule has 2 atom stereocenters. The predicted octanol–water partition coefficient (Wildman–Crippen LogP) is 1.28. The minimum absolute atomic E-state index is 0.134. The van der Waals surface area contributed by atoms with Crippen LogP contribution < -0.4 is 15.5 Å². The second-order valence-electron chi connectivity index (χ2n) is 7.43. The van der Waals surface area contributed by atoms with Gasteiger partial charge in [0, 0.05) is 43.0 Å². The zero-order valence-corrected chi connectivity index (χ0v) is 16.7. The zero-order chi connectivity index (χ0) is 20.3. The lowest BCUT2D eigenvalue weighted by atomic mass is 10.1. The summed E-state index contributed by atoms with van der Waals surface area (Å²) in [6.07, 6.45) is 2.20. The third kappa shape index (κ3) is 4.27. The van der Waals surface area contributed by atoms with Crippen LogP contribution in [-0.2, 0) is 9.53 Å². The number of benzene rings is 1. The zero-order valence-electron chi connectivity index (χ0n) is 16.7. The molecule has 3 amide bonds. The van der Waals surface area contributed by atoms with Crippen molar-refractivity contribution in [1.29, 1.82) is 0 Å². The highest BCUT2D eigenvalue weighted by Gasteiger charge is 2.32. The van der Waals surface area contributed by atoms with Crippen molar-refractivity contribution >= 4 is 23.6 Å². The molecular weight excluding hydrogens is 360 g/mol. The molecule has 1 aromatic carbocycles. The fraction of sp³-hybridized carbons (Fsp3) is 0.550. The Balaban J connectivity index is 1.60. The van der Waals surface area contributed by atoms with E-state index in [0.29, 0.717) is 31.6 Å². The number of hydrogen-bond donors (Lipinski definition) is 2. The van der Waals surface area contributed by atoms with Crippen LogP contribution in [0.25, 0.3) is 0 Å². The average Bonchev–Trinajstić information content (AvgIpc) is 3.26. The Bertz CT molecular complexity index is 767. The maximum Gasteiger partial charge on any atom is 0.322 e. The summed E-state index contributed by atoms with van der Waals surface area (Å²) < 4.78 is 4.75. The number of urea groups is 1. The number of hydrogen-bond acceptors (Lipinski definition) is 5. The van der Waals surface area contributed by atoms with E-state index in [1.54, 1.807) is 17.0 Å². The van der Waals surface area contributed by atoms with Gasteiger partial charge in [-0.1, -0.05) is 6.07 Å². The number of carbonyl (C=O) groups excluding carboxylic acids is 3. The minimum Gasteiger partial charge on any atom is -0.469 e. The van der Waals surface area contributed by atoms with E-state index in [4.69, 9.17) is 4.74 Å². The van der Waals surface area contributed by atoms with E-state index in [-0.39, 0.29) is 30.0 Å². The molecule has 1 aromatic rings. The van der Waals surface area contributed by atoms with Gasteiger partial charge in [-0.3, -0.25) is 19.4 Å². The fourth-order valence-electron chi connectivity index (χ4n) is 3.91. The topological polar surface area (TPSA) is 91.0 Å². The van der Waals surface area contributed by atoms with Gasteiger partial charge in [0.1, 0.15) is 0 Å². The molecule has 152 valence electrons. The number of nitrogens with zero attached hydrogens (tertiary/aromatic N) is 2. The molecule has 2 aliphatic heterocycles. The standard InChI is InChI=1S/C20H28N4O4/c1-13-4-5-14(10-17(13)24-9-8-21-20(24)27)19(26)22-12-16-7-6-15(23(16)2)11-18(25)28-3/h4-5,10,15-16H,6-9,11-12H2,1-3H3,(H,21,27)(H,22,26)/t15-,16+/m1/s1. The first-order valence-electron chi connectivity index (χ1n) is 9.63. The largest absolute Gasteiger partial charge is 0.469 e. The first-order valence-corrected chi connectivity index (χ1v) is 9.63. The molecule has 0 aromatic heterocycles. The molecule has 2 saturated heterocycles. The van der Waals surface area contributed by atoms with E-state index in [2.05, 4.69) is 15.5 Å². The molecule has 8 heteroatoms. The Kier molecular flexibility index (Phi) is 6.18. The van der Waals surface area contributed by atoms with Gasteiger partial charge < -0.3 is 15.4 Å². The molecule has 2 aliphatic rings. The SMILES string of the molecule is COC(=O)C[C@H]1CC[C@@H](CNC(=O)c2ccc(C)c(N3CCNC3=O)c2)N1C. The van der Waals surface area contributed by atoms with Gasteiger partial charge in [0.05, 0.1) is 13.5 Å². The number of esters is 1. The molecule has 0 radical (unpaired) electrons. The minimum atomic E-state index is -0.209. The maximum absolute atomic E-state index is 12.7. The molecule has 0 bridgehead atoms. The molecule has 2 fully saturated rings. The summed E-state index contributed by atoms with van der Waals surface area (Å²) in [5.41, 5.74) is 2.25. The number of aryl methyl sites for hydroxylation is 1. The number of likely N-dealkylation sites (N-methyl/N-ethyl adjacent to an activating group) is 1. The van der Waals surface area contributed by atoms with Crippen LogP contribution in [0.3, 0.4) is 0 Å². The maximum atomic E-state index is 12.7. The lowest BCUT2D eigenvalue weighted by Gasteiger charge is -2.25. The van der Waals surface area contributed by atoms with Gasteiger partial charge in [-0.2, -0.15) is 0 Å². The van der Waals surface area contributed by atoms with Crippen molar-refractivity contribution in [2.75, 3.05) is 38.7 Å². The van der Waals surface area contributed by atoms with Crippen molar-refractivity contribution < 1.29 is 19.1 Å². The lowest BCUT2D eigenvalue weighted by molar-refractivity contribution is -0.141.